The summed E-state index contributed by atoms with van der Waals surface area (Å²) in [6, 6.07) is 0. The molecule has 296 valence electrons. The van der Waals surface area contributed by atoms with E-state index in [1.165, 1.54) is 0 Å². The highest BCUT2D eigenvalue weighted by Gasteiger charge is 2.73. The van der Waals surface area contributed by atoms with Crippen LogP contribution in [-0.2, 0) is 9.47 Å². The first-order valence-electron chi connectivity index (χ1n) is 19.6. The largest absolute Gasteiger partial charge is 0.343 e. The minimum absolute atomic E-state index is 0.0853. The van der Waals surface area contributed by atoms with Gasteiger partial charge in [0, 0.05) is 10.8 Å². The zero-order valence-corrected chi connectivity index (χ0v) is 37.8. The highest BCUT2D eigenvalue weighted by Crippen LogP contribution is 2.56. The molecule has 4 atom stereocenters. The average Bonchev–Trinajstić information content (AvgIpc) is 3.03. The molecule has 0 spiro atoms. The lowest BCUT2D eigenvalue weighted by Crippen LogP contribution is -2.86. The van der Waals surface area contributed by atoms with E-state index in [1.54, 1.807) is 0 Å². The van der Waals surface area contributed by atoms with Gasteiger partial charge >= 0.3 is 5.85 Å². The molecule has 0 aromatic rings. The Labute approximate surface area is 308 Å². The highest BCUT2D eigenvalue weighted by molar-refractivity contribution is 5.13. The molecule has 9 nitrogen and oxygen atoms in total. The summed E-state index contributed by atoms with van der Waals surface area (Å²) in [6.45, 7) is 23.5. The van der Waals surface area contributed by atoms with E-state index in [4.69, 9.17) is 9.47 Å². The third kappa shape index (κ3) is 7.29. The maximum atomic E-state index is 8.31. The van der Waals surface area contributed by atoms with Gasteiger partial charge in [0.15, 0.2) is 5.66 Å². The van der Waals surface area contributed by atoms with Crippen molar-refractivity contribution in [3.8, 4) is 0 Å². The number of ether oxygens (including phenoxy) is 2. The minimum atomic E-state index is -0.939. The number of hydrogen-bond acceptors (Lipinski definition) is 7. The van der Waals surface area contributed by atoms with Gasteiger partial charge in [0.25, 0.3) is 0 Å². The van der Waals surface area contributed by atoms with Crippen molar-refractivity contribution in [2.75, 3.05) is 98.7 Å². The standard InChI is InChI=1S/C40H91N7O2/c1-25-34(9,26-2)39(41-11,45(17)18)36(29-5,30-6)48-33(43(13)14)38(44(15)16,46(19,20)21)49-37(31-7,32-8)40(42-12,47(22,23)24)35(10,27-3)28-4/h33,41-42H,25-32H2,1-24H3/q+2. The van der Waals surface area contributed by atoms with Gasteiger partial charge in [-0.15, -0.1) is 0 Å². The van der Waals surface area contributed by atoms with E-state index in [-0.39, 0.29) is 10.8 Å². The molecule has 0 aromatic carbocycles. The number of quaternary nitrogens is 2. The molecular formula is C40H91N7O2+2. The van der Waals surface area contributed by atoms with Crippen molar-refractivity contribution < 1.29 is 18.4 Å². The monoisotopic (exact) mass is 702 g/mol. The topological polar surface area (TPSA) is 52.2 Å². The molecule has 0 heterocycles. The van der Waals surface area contributed by atoms with Crippen LogP contribution >= 0.6 is 0 Å². The second-order valence-electron chi connectivity index (χ2n) is 17.9. The van der Waals surface area contributed by atoms with Crippen LogP contribution < -0.4 is 10.6 Å². The molecule has 0 fully saturated rings. The van der Waals surface area contributed by atoms with Gasteiger partial charge in [-0.1, -0.05) is 69.2 Å². The molecule has 0 aromatic heterocycles. The van der Waals surface area contributed by atoms with Crippen LogP contribution in [0.3, 0.4) is 0 Å². The van der Waals surface area contributed by atoms with E-state index in [9.17, 15) is 0 Å². The van der Waals surface area contributed by atoms with E-state index in [2.05, 4.69) is 193 Å². The van der Waals surface area contributed by atoms with Crippen molar-refractivity contribution in [1.29, 1.82) is 0 Å². The van der Waals surface area contributed by atoms with E-state index < -0.39 is 34.6 Å². The molecule has 0 bridgehead atoms. The Balaban J connectivity index is 8.70. The van der Waals surface area contributed by atoms with Crippen LogP contribution in [0.15, 0.2) is 0 Å². The second-order valence-corrected chi connectivity index (χ2v) is 17.9. The fraction of sp³-hybridized carbons (Fsp3) is 1.00. The van der Waals surface area contributed by atoms with Crippen molar-refractivity contribution in [1.82, 2.24) is 25.3 Å². The van der Waals surface area contributed by atoms with Crippen molar-refractivity contribution in [2.24, 2.45) is 10.8 Å². The molecule has 0 radical (unpaired) electrons. The average molecular weight is 702 g/mol. The lowest BCUT2D eigenvalue weighted by atomic mass is 9.61. The SMILES string of the molecule is CCC(C)(CC)C(NC)(N(C)C)C(CC)(CC)OC(N(C)C)C(OC(CC)(CC)C(NC)(C(C)(CC)CC)[N+](C)(C)C)(N(C)C)[N+](C)(C)C. The molecule has 2 N–H and O–H groups in total. The summed E-state index contributed by atoms with van der Waals surface area (Å²) >= 11 is 0. The summed E-state index contributed by atoms with van der Waals surface area (Å²) in [5.74, 6) is -0.939. The molecule has 9 heteroatoms. The van der Waals surface area contributed by atoms with Gasteiger partial charge in [-0.3, -0.25) is 29.7 Å². The first kappa shape index (κ1) is 48.6. The maximum absolute atomic E-state index is 8.31. The maximum Gasteiger partial charge on any atom is 0.307 e. The molecule has 0 aliphatic carbocycles. The van der Waals surface area contributed by atoms with Crippen LogP contribution in [0, 0.1) is 10.8 Å². The van der Waals surface area contributed by atoms with Crippen molar-refractivity contribution >= 4 is 0 Å². The van der Waals surface area contributed by atoms with E-state index in [0.717, 1.165) is 51.4 Å². The fourth-order valence-corrected chi connectivity index (χ4v) is 11.1. The number of hydrogen-bond donors (Lipinski definition) is 2. The molecule has 0 amide bonds. The number of nitrogens with zero attached hydrogens (tertiary/aromatic N) is 5. The third-order valence-electron chi connectivity index (χ3n) is 13.9. The van der Waals surface area contributed by atoms with Crippen LogP contribution in [0.25, 0.3) is 0 Å². The van der Waals surface area contributed by atoms with Gasteiger partial charge in [-0.05, 0) is 108 Å². The second kappa shape index (κ2) is 17.2. The molecule has 0 rings (SSSR count). The summed E-state index contributed by atoms with van der Waals surface area (Å²) in [5.41, 5.74) is -2.28. The van der Waals surface area contributed by atoms with E-state index in [1.807, 2.05) is 0 Å². The van der Waals surface area contributed by atoms with Gasteiger partial charge in [-0.2, -0.15) is 0 Å². The Hall–Kier alpha value is -0.360. The van der Waals surface area contributed by atoms with Gasteiger partial charge in [0.2, 0.25) is 6.23 Å². The zero-order chi connectivity index (χ0) is 39.3. The molecule has 0 aliphatic rings. The minimum Gasteiger partial charge on any atom is -0.343 e. The number of likely N-dealkylation sites (N-methyl/N-ethyl adjacent to an activating group) is 7. The van der Waals surface area contributed by atoms with Gasteiger partial charge in [0.1, 0.15) is 16.9 Å². The van der Waals surface area contributed by atoms with Gasteiger partial charge in [-0.25, -0.2) is 4.90 Å². The number of nitrogens with one attached hydrogen (secondary N) is 2. The quantitative estimate of drug-likeness (QED) is 0.0859. The van der Waals surface area contributed by atoms with Gasteiger partial charge in [0.05, 0.1) is 42.3 Å². The zero-order valence-electron chi connectivity index (χ0n) is 37.8. The molecule has 0 saturated heterocycles. The Morgan fingerprint density at radius 2 is 0.918 bits per heavy atom. The summed E-state index contributed by atoms with van der Waals surface area (Å²) in [4.78, 5) is 6.99. The number of rotatable bonds is 24. The molecular weight excluding hydrogens is 610 g/mol. The first-order valence-corrected chi connectivity index (χ1v) is 19.6. The molecule has 0 aliphatic heterocycles. The first-order chi connectivity index (χ1) is 22.2. The summed E-state index contributed by atoms with van der Waals surface area (Å²) in [6.07, 6.45) is 6.94. The lowest BCUT2D eigenvalue weighted by Gasteiger charge is -2.67. The van der Waals surface area contributed by atoms with Crippen LogP contribution in [-0.4, -0.2) is 157 Å². The van der Waals surface area contributed by atoms with Crippen LogP contribution in [0.1, 0.15) is 121 Å². The Kier molecular flexibility index (Phi) is 17.1. The Bertz CT molecular complexity index is 972. The predicted octanol–water partition coefficient (Wildman–Crippen LogP) is 6.70. The molecule has 4 unspecified atom stereocenters. The summed E-state index contributed by atoms with van der Waals surface area (Å²) in [5, 5.41) is 7.96. The predicted molar refractivity (Wildman–Crippen MR) is 213 cm³/mol. The van der Waals surface area contributed by atoms with Crippen LogP contribution in [0.5, 0.6) is 0 Å². The van der Waals surface area contributed by atoms with E-state index >= 15 is 0 Å². The molecule has 49 heavy (non-hydrogen) atoms. The third-order valence-corrected chi connectivity index (χ3v) is 13.9. The Morgan fingerprint density at radius 1 is 0.531 bits per heavy atom. The normalized spacial score (nSPS) is 18.9. The Morgan fingerprint density at radius 3 is 1.12 bits per heavy atom. The van der Waals surface area contributed by atoms with Crippen molar-refractivity contribution in [2.45, 2.75) is 155 Å². The van der Waals surface area contributed by atoms with Gasteiger partial charge < -0.3 is 9.22 Å². The lowest BCUT2D eigenvalue weighted by molar-refractivity contribution is -0.987. The molecule has 0 saturated carbocycles. The van der Waals surface area contributed by atoms with Crippen molar-refractivity contribution in [3.63, 3.8) is 0 Å². The van der Waals surface area contributed by atoms with Crippen LogP contribution in [0.2, 0.25) is 0 Å². The highest BCUT2D eigenvalue weighted by atomic mass is 16.6. The van der Waals surface area contributed by atoms with Crippen LogP contribution in [0.4, 0.5) is 0 Å². The van der Waals surface area contributed by atoms with Crippen molar-refractivity contribution in [3.05, 3.63) is 0 Å². The smallest absolute Gasteiger partial charge is 0.307 e. The van der Waals surface area contributed by atoms with E-state index in [0.29, 0.717) is 8.97 Å². The summed E-state index contributed by atoms with van der Waals surface area (Å²) < 4.78 is 17.6. The fourth-order valence-electron chi connectivity index (χ4n) is 11.1. The summed E-state index contributed by atoms with van der Waals surface area (Å²) in [7, 11) is 31.3.